The molecular weight excluding hydrogens is 200 g/mol. The summed E-state index contributed by atoms with van der Waals surface area (Å²) in [5.41, 5.74) is 1.02. The monoisotopic (exact) mass is 220 g/mol. The molecule has 0 aliphatic carbocycles. The zero-order chi connectivity index (χ0) is 12.0. The molecule has 1 unspecified atom stereocenters. The van der Waals surface area contributed by atoms with Gasteiger partial charge in [-0.25, -0.2) is 0 Å². The van der Waals surface area contributed by atoms with E-state index in [0.717, 1.165) is 17.7 Å². The van der Waals surface area contributed by atoms with Gasteiger partial charge in [-0.05, 0) is 32.6 Å². The Kier molecular flexibility index (Phi) is 4.99. The summed E-state index contributed by atoms with van der Waals surface area (Å²) in [6, 6.07) is 7.89. The topological polar surface area (TPSA) is 24.8 Å². The second-order valence-electron chi connectivity index (χ2n) is 3.87. The summed E-state index contributed by atoms with van der Waals surface area (Å²) in [4.78, 5) is 6.64. The predicted octanol–water partition coefficient (Wildman–Crippen LogP) is 2.41. The van der Waals surface area contributed by atoms with E-state index in [1.165, 1.54) is 0 Å². The number of hydrogen-bond acceptors (Lipinski definition) is 3. The fourth-order valence-electron chi connectivity index (χ4n) is 1.54. The molecule has 88 valence electrons. The Morgan fingerprint density at radius 3 is 2.62 bits per heavy atom. The highest BCUT2D eigenvalue weighted by atomic mass is 16.5. The quantitative estimate of drug-likeness (QED) is 0.712. The van der Waals surface area contributed by atoms with Gasteiger partial charge < -0.3 is 4.74 Å². The zero-order valence-corrected chi connectivity index (χ0v) is 10.5. The molecule has 0 aromatic heterocycles. The number of ether oxygens (including phenoxy) is 1. The van der Waals surface area contributed by atoms with Crippen LogP contribution in [0.15, 0.2) is 29.3 Å². The third-order valence-electron chi connectivity index (χ3n) is 2.49. The van der Waals surface area contributed by atoms with Crippen molar-refractivity contribution in [2.24, 2.45) is 4.99 Å². The maximum atomic E-state index is 5.27. The van der Waals surface area contributed by atoms with Crippen LogP contribution in [0.4, 0.5) is 0 Å². The maximum absolute atomic E-state index is 5.27. The summed E-state index contributed by atoms with van der Waals surface area (Å²) in [6.07, 6.45) is 3.11. The van der Waals surface area contributed by atoms with Gasteiger partial charge in [-0.3, -0.25) is 9.89 Å². The lowest BCUT2D eigenvalue weighted by atomic mass is 10.2. The van der Waals surface area contributed by atoms with Gasteiger partial charge in [0.25, 0.3) is 0 Å². The molecular formula is C13H20N2O. The van der Waals surface area contributed by atoms with Crippen LogP contribution < -0.4 is 4.74 Å². The molecule has 0 saturated carbocycles. The van der Waals surface area contributed by atoms with Crippen LogP contribution in [0.3, 0.4) is 0 Å². The van der Waals surface area contributed by atoms with Crippen LogP contribution in [0.25, 0.3) is 0 Å². The standard InChI is InChI=1S/C13H20N2O/c1-5-13(15(2)3)14-10-11-8-6-7-9-12(11)16-4/h6-10,13H,5H2,1-4H3. The Hall–Kier alpha value is -1.35. The van der Waals surface area contributed by atoms with Gasteiger partial charge in [0, 0.05) is 11.8 Å². The highest BCUT2D eigenvalue weighted by Gasteiger charge is 2.05. The number of hydrogen-bond donors (Lipinski definition) is 0. The largest absolute Gasteiger partial charge is 0.496 e. The van der Waals surface area contributed by atoms with Gasteiger partial charge in [-0.2, -0.15) is 0 Å². The van der Waals surface area contributed by atoms with Crippen molar-refractivity contribution < 1.29 is 4.74 Å². The number of methoxy groups -OCH3 is 1. The van der Waals surface area contributed by atoms with E-state index >= 15 is 0 Å². The normalized spacial score (nSPS) is 13.3. The van der Waals surface area contributed by atoms with Crippen molar-refractivity contribution in [3.8, 4) is 5.75 Å². The predicted molar refractivity (Wildman–Crippen MR) is 68.4 cm³/mol. The molecule has 0 radical (unpaired) electrons. The zero-order valence-electron chi connectivity index (χ0n) is 10.5. The minimum atomic E-state index is 0.227. The summed E-state index contributed by atoms with van der Waals surface area (Å²) in [5, 5.41) is 0. The van der Waals surface area contributed by atoms with Crippen molar-refractivity contribution in [1.82, 2.24) is 4.90 Å². The summed E-state index contributed by atoms with van der Waals surface area (Å²) in [6.45, 7) is 2.13. The molecule has 0 heterocycles. The van der Waals surface area contributed by atoms with Gasteiger partial charge in [0.1, 0.15) is 11.9 Å². The SMILES string of the molecule is CCC(N=Cc1ccccc1OC)N(C)C. The van der Waals surface area contributed by atoms with E-state index in [1.54, 1.807) is 7.11 Å². The Bertz CT molecular complexity index is 348. The number of para-hydroxylation sites is 1. The molecule has 1 atom stereocenters. The molecule has 0 amide bonds. The van der Waals surface area contributed by atoms with Gasteiger partial charge in [-0.1, -0.05) is 19.1 Å². The van der Waals surface area contributed by atoms with E-state index in [9.17, 15) is 0 Å². The summed E-state index contributed by atoms with van der Waals surface area (Å²) >= 11 is 0. The molecule has 0 fully saturated rings. The lowest BCUT2D eigenvalue weighted by molar-refractivity contribution is 0.296. The summed E-state index contributed by atoms with van der Waals surface area (Å²) in [5.74, 6) is 0.861. The third kappa shape index (κ3) is 3.35. The third-order valence-corrected chi connectivity index (χ3v) is 2.49. The van der Waals surface area contributed by atoms with E-state index in [2.05, 4.69) is 16.8 Å². The smallest absolute Gasteiger partial charge is 0.127 e. The Labute approximate surface area is 97.8 Å². The van der Waals surface area contributed by atoms with Gasteiger partial charge in [0.2, 0.25) is 0 Å². The van der Waals surface area contributed by atoms with E-state index in [0.29, 0.717) is 0 Å². The molecule has 0 aliphatic heterocycles. The van der Waals surface area contributed by atoms with Crippen molar-refractivity contribution in [2.75, 3.05) is 21.2 Å². The van der Waals surface area contributed by atoms with E-state index in [4.69, 9.17) is 4.74 Å². The van der Waals surface area contributed by atoms with Crippen LogP contribution in [0, 0.1) is 0 Å². The molecule has 1 aromatic carbocycles. The first-order chi connectivity index (χ1) is 7.69. The summed E-state index contributed by atoms with van der Waals surface area (Å²) < 4.78 is 5.27. The van der Waals surface area contributed by atoms with Gasteiger partial charge in [0.15, 0.2) is 0 Å². The molecule has 0 bridgehead atoms. The second kappa shape index (κ2) is 6.28. The van der Waals surface area contributed by atoms with Crippen molar-refractivity contribution in [1.29, 1.82) is 0 Å². The van der Waals surface area contributed by atoms with Crippen molar-refractivity contribution in [3.05, 3.63) is 29.8 Å². The molecule has 0 N–H and O–H groups in total. The highest BCUT2D eigenvalue weighted by molar-refractivity contribution is 5.83. The fraction of sp³-hybridized carbons (Fsp3) is 0.462. The molecule has 0 aliphatic rings. The van der Waals surface area contributed by atoms with Gasteiger partial charge in [-0.15, -0.1) is 0 Å². The lowest BCUT2D eigenvalue weighted by Gasteiger charge is -2.18. The number of nitrogens with zero attached hydrogens (tertiary/aromatic N) is 2. The van der Waals surface area contributed by atoms with Crippen LogP contribution in [-0.4, -0.2) is 38.5 Å². The average molecular weight is 220 g/mol. The minimum absolute atomic E-state index is 0.227. The Balaban J connectivity index is 2.82. The van der Waals surface area contributed by atoms with Crippen LogP contribution in [-0.2, 0) is 0 Å². The van der Waals surface area contributed by atoms with Crippen LogP contribution in [0.5, 0.6) is 5.75 Å². The lowest BCUT2D eigenvalue weighted by Crippen LogP contribution is -2.25. The fourth-order valence-corrected chi connectivity index (χ4v) is 1.54. The molecule has 0 spiro atoms. The van der Waals surface area contributed by atoms with E-state index in [1.807, 2.05) is 44.6 Å². The average Bonchev–Trinajstić information content (AvgIpc) is 2.30. The van der Waals surface area contributed by atoms with Gasteiger partial charge >= 0.3 is 0 Å². The highest BCUT2D eigenvalue weighted by Crippen LogP contribution is 2.15. The minimum Gasteiger partial charge on any atom is -0.496 e. The number of benzene rings is 1. The van der Waals surface area contributed by atoms with E-state index in [-0.39, 0.29) is 6.17 Å². The van der Waals surface area contributed by atoms with Gasteiger partial charge in [0.05, 0.1) is 7.11 Å². The first-order valence-electron chi connectivity index (χ1n) is 5.51. The molecule has 1 rings (SSSR count). The maximum Gasteiger partial charge on any atom is 0.127 e. The molecule has 16 heavy (non-hydrogen) atoms. The second-order valence-corrected chi connectivity index (χ2v) is 3.87. The van der Waals surface area contributed by atoms with Crippen molar-refractivity contribution >= 4 is 6.21 Å². The molecule has 0 saturated heterocycles. The number of aliphatic imine (C=N–C) groups is 1. The first-order valence-corrected chi connectivity index (χ1v) is 5.51. The number of rotatable bonds is 5. The van der Waals surface area contributed by atoms with Crippen LogP contribution in [0.2, 0.25) is 0 Å². The Morgan fingerprint density at radius 1 is 1.38 bits per heavy atom. The molecule has 3 heteroatoms. The van der Waals surface area contributed by atoms with Crippen LogP contribution in [0.1, 0.15) is 18.9 Å². The summed E-state index contributed by atoms with van der Waals surface area (Å²) in [7, 11) is 5.75. The van der Waals surface area contributed by atoms with Crippen molar-refractivity contribution in [2.45, 2.75) is 19.5 Å². The van der Waals surface area contributed by atoms with E-state index < -0.39 is 0 Å². The van der Waals surface area contributed by atoms with Crippen molar-refractivity contribution in [3.63, 3.8) is 0 Å². The molecule has 1 aromatic rings. The molecule has 3 nitrogen and oxygen atoms in total. The Morgan fingerprint density at radius 2 is 2.06 bits per heavy atom. The first kappa shape index (κ1) is 12.7. The van der Waals surface area contributed by atoms with Crippen LogP contribution >= 0.6 is 0 Å².